The van der Waals surface area contributed by atoms with E-state index in [0.29, 0.717) is 23.3 Å². The van der Waals surface area contributed by atoms with Gasteiger partial charge in [0.25, 0.3) is 5.91 Å². The predicted molar refractivity (Wildman–Crippen MR) is 121 cm³/mol. The lowest BCUT2D eigenvalue weighted by molar-refractivity contribution is 0.0827. The van der Waals surface area contributed by atoms with E-state index in [9.17, 15) is 4.79 Å². The Morgan fingerprint density at radius 1 is 1.22 bits per heavy atom. The molecule has 2 saturated carbocycles. The number of anilines is 1. The summed E-state index contributed by atoms with van der Waals surface area (Å²) in [5.41, 5.74) is 2.28. The lowest BCUT2D eigenvalue weighted by Crippen LogP contribution is -2.48. The molecule has 3 aromatic rings. The molecule has 0 bridgehead atoms. The molecule has 32 heavy (non-hydrogen) atoms. The van der Waals surface area contributed by atoms with Crippen LogP contribution >= 0.6 is 0 Å². The van der Waals surface area contributed by atoms with Gasteiger partial charge in [-0.05, 0) is 37.3 Å². The van der Waals surface area contributed by atoms with Gasteiger partial charge >= 0.3 is 0 Å². The van der Waals surface area contributed by atoms with Crippen molar-refractivity contribution in [2.45, 2.75) is 50.6 Å². The van der Waals surface area contributed by atoms with Gasteiger partial charge in [0.15, 0.2) is 17.5 Å². The maximum Gasteiger partial charge on any atom is 0.253 e. The van der Waals surface area contributed by atoms with Crippen molar-refractivity contribution in [3.05, 3.63) is 48.2 Å². The summed E-state index contributed by atoms with van der Waals surface area (Å²) in [6.07, 6.45) is 9.58. The molecule has 2 atom stereocenters. The lowest BCUT2D eigenvalue weighted by Gasteiger charge is -2.42. The van der Waals surface area contributed by atoms with E-state index in [1.807, 2.05) is 30.5 Å². The fourth-order valence-electron chi connectivity index (χ4n) is 5.62. The van der Waals surface area contributed by atoms with E-state index < -0.39 is 0 Å². The first-order valence-corrected chi connectivity index (χ1v) is 11.4. The van der Waals surface area contributed by atoms with Gasteiger partial charge in [-0.2, -0.15) is 0 Å². The van der Waals surface area contributed by atoms with Crippen LogP contribution in [0.25, 0.3) is 17.1 Å². The number of rotatable bonds is 3. The van der Waals surface area contributed by atoms with Crippen LogP contribution in [-0.4, -0.2) is 55.7 Å². The third-order valence-corrected chi connectivity index (χ3v) is 7.34. The molecule has 8 nitrogen and oxygen atoms in total. The van der Waals surface area contributed by atoms with Crippen LogP contribution in [0.15, 0.2) is 36.8 Å². The zero-order valence-electron chi connectivity index (χ0n) is 18.7. The van der Waals surface area contributed by atoms with E-state index in [2.05, 4.69) is 26.6 Å². The van der Waals surface area contributed by atoms with Gasteiger partial charge in [0.2, 0.25) is 0 Å². The van der Waals surface area contributed by atoms with E-state index in [0.717, 1.165) is 29.3 Å². The van der Waals surface area contributed by atoms with Crippen molar-refractivity contribution in [2.24, 2.45) is 5.92 Å². The minimum atomic E-state index is -0.132. The van der Waals surface area contributed by atoms with E-state index in [1.54, 1.807) is 25.3 Å². The van der Waals surface area contributed by atoms with Gasteiger partial charge in [-0.1, -0.05) is 31.9 Å². The van der Waals surface area contributed by atoms with Gasteiger partial charge in [-0.15, -0.1) is 10.2 Å². The summed E-state index contributed by atoms with van der Waals surface area (Å²) in [5, 5.41) is 8.80. The van der Waals surface area contributed by atoms with Crippen molar-refractivity contribution in [2.75, 3.05) is 19.0 Å². The van der Waals surface area contributed by atoms with Crippen molar-refractivity contribution < 1.29 is 4.79 Å². The van der Waals surface area contributed by atoms with Crippen LogP contribution < -0.4 is 4.90 Å². The number of carbonyl (C=O) groups is 1. The zero-order chi connectivity index (χ0) is 22.0. The number of benzene rings is 1. The molecule has 3 heterocycles. The average Bonchev–Trinajstić information content (AvgIpc) is 3.23. The molecule has 1 aliphatic heterocycles. The van der Waals surface area contributed by atoms with Crippen LogP contribution in [0.3, 0.4) is 0 Å². The fraction of sp³-hybridized carbons (Fsp3) is 0.458. The summed E-state index contributed by atoms with van der Waals surface area (Å²) in [6.45, 7) is 2.30. The largest absolute Gasteiger partial charge is 0.345 e. The van der Waals surface area contributed by atoms with Crippen molar-refractivity contribution in [3.63, 3.8) is 0 Å². The quantitative estimate of drug-likeness (QED) is 0.635. The van der Waals surface area contributed by atoms with Gasteiger partial charge in [-0.25, -0.2) is 9.97 Å². The third kappa shape index (κ3) is 2.64. The zero-order valence-corrected chi connectivity index (χ0v) is 18.7. The molecule has 1 aromatic carbocycles. The number of fused-ring (bicyclic) bond motifs is 4. The maximum atomic E-state index is 12.5. The van der Waals surface area contributed by atoms with E-state index in [-0.39, 0.29) is 11.4 Å². The highest BCUT2D eigenvalue weighted by atomic mass is 16.2. The highest BCUT2D eigenvalue weighted by Crippen LogP contribution is 2.61. The number of nitrogens with zero attached hydrogens (tertiary/aromatic N) is 7. The highest BCUT2D eigenvalue weighted by Gasteiger charge is 2.64. The molecular weight excluding hydrogens is 402 g/mol. The Hall–Kier alpha value is -3.29. The van der Waals surface area contributed by atoms with Crippen LogP contribution in [0.1, 0.15) is 55.2 Å². The number of hydrogen-bond donors (Lipinski definition) is 0. The van der Waals surface area contributed by atoms with Crippen molar-refractivity contribution in [3.8, 4) is 17.1 Å². The molecule has 6 rings (SSSR count). The molecule has 3 aliphatic rings. The van der Waals surface area contributed by atoms with Gasteiger partial charge < -0.3 is 9.80 Å². The molecule has 1 spiro atoms. The normalized spacial score (nSPS) is 23.8. The fourth-order valence-corrected chi connectivity index (χ4v) is 5.62. The topological polar surface area (TPSA) is 80.0 Å². The average molecular weight is 430 g/mol. The number of aromatic nitrogens is 5. The molecular formula is C24H27N7O. The standard InChI is InChI=1S/C24H27N7O/c1-15-12-24(15)23-28-26-14-30(23)19-13-25-20(27-21(19)31(24)18-9-4-5-10-18)16-7-6-8-17(11-16)22(32)29(2)3/h6-8,11,13-15,18H,4-5,9-10,12H2,1-3H3/t15-,24-/m0/s1. The first-order valence-electron chi connectivity index (χ1n) is 11.4. The second kappa shape index (κ2) is 6.85. The Kier molecular flexibility index (Phi) is 4.15. The Labute approximate surface area is 187 Å². The summed E-state index contributed by atoms with van der Waals surface area (Å²) >= 11 is 0. The predicted octanol–water partition coefficient (Wildman–Crippen LogP) is 3.42. The molecule has 2 aliphatic carbocycles. The minimum absolute atomic E-state index is 0.0303. The summed E-state index contributed by atoms with van der Waals surface area (Å²) < 4.78 is 2.07. The van der Waals surface area contributed by atoms with E-state index in [1.165, 1.54) is 25.7 Å². The van der Waals surface area contributed by atoms with Gasteiger partial charge in [0.1, 0.15) is 17.6 Å². The minimum Gasteiger partial charge on any atom is -0.345 e. The molecule has 0 unspecified atom stereocenters. The molecule has 2 fully saturated rings. The van der Waals surface area contributed by atoms with E-state index in [4.69, 9.17) is 9.97 Å². The second-order valence-electron chi connectivity index (χ2n) is 9.55. The molecule has 2 aromatic heterocycles. The molecule has 0 N–H and O–H groups in total. The first kappa shape index (κ1) is 19.4. The van der Waals surface area contributed by atoms with Crippen LogP contribution in [0, 0.1) is 5.92 Å². The molecule has 8 heteroatoms. The summed E-state index contributed by atoms with van der Waals surface area (Å²) in [6, 6.07) is 8.03. The first-order chi connectivity index (χ1) is 15.5. The Bertz CT molecular complexity index is 1210. The summed E-state index contributed by atoms with van der Waals surface area (Å²) in [7, 11) is 3.52. The van der Waals surface area contributed by atoms with Crippen molar-refractivity contribution in [1.82, 2.24) is 29.6 Å². The smallest absolute Gasteiger partial charge is 0.253 e. The SMILES string of the molecule is C[C@H]1C[C@@]12c1nncn1-c1cnc(-c3cccc(C(=O)N(C)C)c3)nc1N2C1CCCC1. The number of carbonyl (C=O) groups excluding carboxylic acids is 1. The number of hydrogen-bond acceptors (Lipinski definition) is 6. The van der Waals surface area contributed by atoms with Crippen LogP contribution in [0.5, 0.6) is 0 Å². The summed E-state index contributed by atoms with van der Waals surface area (Å²) in [5.74, 6) is 3.08. The highest BCUT2D eigenvalue weighted by molar-refractivity contribution is 5.95. The lowest BCUT2D eigenvalue weighted by atomic mass is 10.0. The molecule has 0 radical (unpaired) electrons. The van der Waals surface area contributed by atoms with Gasteiger partial charge in [0.05, 0.1) is 6.20 Å². The Morgan fingerprint density at radius 3 is 2.72 bits per heavy atom. The maximum absolute atomic E-state index is 12.5. The number of amides is 1. The summed E-state index contributed by atoms with van der Waals surface area (Å²) in [4.78, 5) is 26.4. The Balaban J connectivity index is 1.50. The van der Waals surface area contributed by atoms with Gasteiger partial charge in [-0.3, -0.25) is 9.36 Å². The van der Waals surface area contributed by atoms with Crippen molar-refractivity contribution in [1.29, 1.82) is 0 Å². The van der Waals surface area contributed by atoms with Crippen LogP contribution in [0.2, 0.25) is 0 Å². The van der Waals surface area contributed by atoms with Crippen molar-refractivity contribution >= 4 is 11.7 Å². The van der Waals surface area contributed by atoms with E-state index >= 15 is 0 Å². The molecule has 0 saturated heterocycles. The monoisotopic (exact) mass is 429 g/mol. The van der Waals surface area contributed by atoms with Crippen LogP contribution in [-0.2, 0) is 5.54 Å². The Morgan fingerprint density at radius 2 is 2.00 bits per heavy atom. The molecule has 1 amide bonds. The second-order valence-corrected chi connectivity index (χ2v) is 9.55. The van der Waals surface area contributed by atoms with Gasteiger partial charge in [0, 0.05) is 31.3 Å². The molecule has 164 valence electrons. The third-order valence-electron chi connectivity index (χ3n) is 7.34. The van der Waals surface area contributed by atoms with Crippen LogP contribution in [0.4, 0.5) is 5.82 Å².